The molecule has 32 heavy (non-hydrogen) atoms. The Morgan fingerprint density at radius 3 is 1.16 bits per heavy atom. The minimum atomic E-state index is -1.63. The Kier molecular flexibility index (Phi) is 33.5. The largest absolute Gasteiger partial charge is 1.00 e. The van der Waals surface area contributed by atoms with Crippen LogP contribution in [-0.4, -0.2) is 109 Å². The summed E-state index contributed by atoms with van der Waals surface area (Å²) in [5.74, 6) is -3.64. The van der Waals surface area contributed by atoms with Crippen molar-refractivity contribution in [1.82, 2.24) is 0 Å². The van der Waals surface area contributed by atoms with Crippen LogP contribution in [0.15, 0.2) is 12.7 Å². The number of carboxylic acids is 2. The second kappa shape index (κ2) is 25.5. The first-order valence-corrected chi connectivity index (χ1v) is 8.34. The molecule has 0 spiro atoms. The van der Waals surface area contributed by atoms with Crippen LogP contribution in [-0.2, 0) is 23.9 Å². The van der Waals surface area contributed by atoms with Gasteiger partial charge in [0.05, 0.1) is 70.8 Å². The molecule has 0 aromatic carbocycles. The molecule has 0 bridgehead atoms. The number of aliphatic hydroxyl groups excluding tert-OH is 6. The summed E-state index contributed by atoms with van der Waals surface area (Å²) >= 11 is 0. The van der Waals surface area contributed by atoms with Gasteiger partial charge in [-0.25, -0.2) is 4.79 Å². The fourth-order valence-corrected chi connectivity index (χ4v) is 1.26. The van der Waals surface area contributed by atoms with Gasteiger partial charge in [0, 0.05) is 24.4 Å². The maximum absolute atomic E-state index is 9.84. The molecule has 0 unspecified atom stereocenters. The van der Waals surface area contributed by atoms with Gasteiger partial charge in [-0.3, -0.25) is 0 Å². The van der Waals surface area contributed by atoms with Crippen LogP contribution in [0.1, 0.15) is 6.42 Å². The van der Waals surface area contributed by atoms with Gasteiger partial charge in [-0.2, -0.15) is 0 Å². The van der Waals surface area contributed by atoms with Crippen molar-refractivity contribution in [3.8, 4) is 0 Å². The smallest absolute Gasteiger partial charge is 0.550 e. The van der Waals surface area contributed by atoms with E-state index in [-0.39, 0.29) is 72.3 Å². The van der Waals surface area contributed by atoms with E-state index in [0.717, 1.165) is 6.08 Å². The van der Waals surface area contributed by atoms with E-state index < -0.39 is 74.8 Å². The minimum absolute atomic E-state index is 0. The third kappa shape index (κ3) is 21.7. The molecule has 15 heteroatoms. The zero-order valence-electron chi connectivity index (χ0n) is 18.7. The van der Waals surface area contributed by atoms with E-state index in [0.29, 0.717) is 0 Å². The van der Waals surface area contributed by atoms with Gasteiger partial charge in [0.15, 0.2) is 0 Å². The molecule has 0 aliphatic carbocycles. The molecule has 0 fully saturated rings. The van der Waals surface area contributed by atoms with E-state index >= 15 is 0 Å². The average molecular weight is 488 g/mol. The molecule has 0 aromatic rings. The number of hydrogen-bond donors (Lipinski definition) is 6. The number of ether oxygens (including phenoxy) is 2. The van der Waals surface area contributed by atoms with Crippen LogP contribution in [0.4, 0.5) is 0 Å². The van der Waals surface area contributed by atoms with Gasteiger partial charge in [0.2, 0.25) is 0 Å². The van der Waals surface area contributed by atoms with Crippen molar-refractivity contribution in [3.05, 3.63) is 12.7 Å². The zero-order chi connectivity index (χ0) is 24.2. The number of rotatable bonds is 13. The fraction of sp³-hybridized carbons (Fsp3) is 0.706. The SMILES string of the molecule is C=CC(=O)OC.O=C([O-])CC(=O)[O-].OCC(CO)(CO)COCC(CO)(CO)CO.[Na+].[Na+]. The van der Waals surface area contributed by atoms with Gasteiger partial charge in [0.1, 0.15) is 0 Å². The molecule has 0 rings (SSSR count). The Morgan fingerprint density at radius 1 is 0.781 bits per heavy atom. The van der Waals surface area contributed by atoms with E-state index in [2.05, 4.69) is 11.3 Å². The Balaban J connectivity index is -0.000000135. The molecule has 0 saturated carbocycles. The van der Waals surface area contributed by atoms with Crippen molar-refractivity contribution in [2.75, 3.05) is 60.0 Å². The van der Waals surface area contributed by atoms with E-state index in [1.165, 1.54) is 7.11 Å². The first-order chi connectivity index (χ1) is 14.0. The summed E-state index contributed by atoms with van der Waals surface area (Å²) < 4.78 is 9.29. The number of aliphatic hydroxyl groups is 6. The van der Waals surface area contributed by atoms with Crippen molar-refractivity contribution in [2.45, 2.75) is 6.42 Å². The van der Waals surface area contributed by atoms with Gasteiger partial charge in [-0.15, -0.1) is 0 Å². The predicted molar refractivity (Wildman–Crippen MR) is 95.0 cm³/mol. The van der Waals surface area contributed by atoms with Gasteiger partial charge < -0.3 is 59.9 Å². The molecule has 0 radical (unpaired) electrons. The third-order valence-corrected chi connectivity index (χ3v) is 3.49. The van der Waals surface area contributed by atoms with Gasteiger partial charge in [-0.05, 0) is 0 Å². The Morgan fingerprint density at radius 2 is 1.06 bits per heavy atom. The Labute approximate surface area is 230 Å². The molecule has 0 heterocycles. The van der Waals surface area contributed by atoms with E-state index in [9.17, 15) is 24.6 Å². The van der Waals surface area contributed by atoms with E-state index in [4.69, 9.17) is 35.4 Å². The van der Waals surface area contributed by atoms with Gasteiger partial charge >= 0.3 is 65.1 Å². The van der Waals surface area contributed by atoms with Crippen molar-refractivity contribution in [2.24, 2.45) is 10.8 Å². The Bertz CT molecular complexity index is 446. The van der Waals surface area contributed by atoms with Gasteiger partial charge in [0.25, 0.3) is 0 Å². The second-order valence-corrected chi connectivity index (χ2v) is 6.09. The standard InChI is InChI=1S/C10H22O7.C4H6O2.C3H4O4.2Na/c11-1-9(2-12,3-13)7-17-8-10(4-14,5-15)6-16;1-3-4(5)6-2;4-2(5)1-3(6)7;;/h11-16H,1-8H2;3H,1H2,2H3;1H2,(H,4,5)(H,6,7);;/q;;;2*+1/p-2. The topological polar surface area (TPSA) is 237 Å². The number of esters is 1. The molecule has 0 saturated heterocycles. The number of aliphatic carboxylic acids is 2. The molecule has 0 aromatic heterocycles. The van der Waals surface area contributed by atoms with E-state index in [1.807, 2.05) is 0 Å². The summed E-state index contributed by atoms with van der Waals surface area (Å²) in [6, 6.07) is 0. The first-order valence-electron chi connectivity index (χ1n) is 8.34. The van der Waals surface area contributed by atoms with Crippen LogP contribution in [0, 0.1) is 10.8 Å². The summed E-state index contributed by atoms with van der Waals surface area (Å²) in [7, 11) is 1.31. The van der Waals surface area contributed by atoms with Crippen LogP contribution >= 0.6 is 0 Å². The summed E-state index contributed by atoms with van der Waals surface area (Å²) in [5, 5.41) is 72.7. The molecule has 0 aliphatic rings. The molecule has 0 atom stereocenters. The Hall–Kier alpha value is -0.130. The number of methoxy groups -OCH3 is 1. The molecule has 0 amide bonds. The summed E-state index contributed by atoms with van der Waals surface area (Å²) in [5.41, 5.74) is -2.32. The molecular weight excluding hydrogens is 458 g/mol. The quantitative estimate of drug-likeness (QED) is 0.0612. The number of carbonyl (C=O) groups excluding carboxylic acids is 3. The fourth-order valence-electron chi connectivity index (χ4n) is 1.26. The summed E-state index contributed by atoms with van der Waals surface area (Å²) in [6.45, 7) is 0.152. The maximum Gasteiger partial charge on any atom is 1.00 e. The zero-order valence-corrected chi connectivity index (χ0v) is 22.7. The van der Waals surface area contributed by atoms with Crippen LogP contribution in [0.3, 0.4) is 0 Å². The molecule has 13 nitrogen and oxygen atoms in total. The monoisotopic (exact) mass is 488 g/mol. The van der Waals surface area contributed by atoms with Crippen LogP contribution in [0.2, 0.25) is 0 Å². The van der Waals surface area contributed by atoms with Crippen molar-refractivity contribution < 1.29 is 124 Å². The first kappa shape index (κ1) is 42.1. The van der Waals surface area contributed by atoms with Crippen LogP contribution in [0.25, 0.3) is 0 Å². The number of carbonyl (C=O) groups is 3. The van der Waals surface area contributed by atoms with Crippen molar-refractivity contribution in [1.29, 1.82) is 0 Å². The van der Waals surface area contributed by atoms with Gasteiger partial charge in [-0.1, -0.05) is 6.58 Å². The molecular formula is C17H30Na2O13. The minimum Gasteiger partial charge on any atom is -0.550 e. The predicted octanol–water partition coefficient (Wildman–Crippen LogP) is -11.8. The van der Waals surface area contributed by atoms with Crippen molar-refractivity contribution in [3.63, 3.8) is 0 Å². The average Bonchev–Trinajstić information content (AvgIpc) is 2.74. The molecule has 178 valence electrons. The van der Waals surface area contributed by atoms with Crippen molar-refractivity contribution >= 4 is 17.9 Å². The normalized spacial score (nSPS) is 9.97. The van der Waals surface area contributed by atoms with Crippen LogP contribution in [0.5, 0.6) is 0 Å². The summed E-state index contributed by atoms with van der Waals surface area (Å²) in [4.78, 5) is 28.4. The van der Waals surface area contributed by atoms with E-state index in [1.54, 1.807) is 0 Å². The summed E-state index contributed by atoms with van der Waals surface area (Å²) in [6.07, 6.45) is 0.0833. The number of carboxylic acid groups (broad SMARTS) is 2. The third-order valence-electron chi connectivity index (χ3n) is 3.49. The van der Waals surface area contributed by atoms with Crippen LogP contribution < -0.4 is 69.3 Å². The number of hydrogen-bond acceptors (Lipinski definition) is 13. The maximum atomic E-state index is 9.84. The molecule has 6 N–H and O–H groups in total. The second-order valence-electron chi connectivity index (χ2n) is 6.09. The molecule has 0 aliphatic heterocycles.